The van der Waals surface area contributed by atoms with E-state index in [1.165, 1.54) is 5.56 Å². The first-order valence-corrected chi connectivity index (χ1v) is 10.2. The maximum Gasteiger partial charge on any atom is 0.251 e. The van der Waals surface area contributed by atoms with Gasteiger partial charge in [0.05, 0.1) is 13.2 Å². The molecule has 2 aromatic rings. The summed E-state index contributed by atoms with van der Waals surface area (Å²) in [6, 6.07) is 15.6. The Morgan fingerprint density at radius 1 is 1.10 bits per heavy atom. The molecule has 1 unspecified atom stereocenters. The topological polar surface area (TPSA) is 111 Å². The first-order chi connectivity index (χ1) is 15.0. The Morgan fingerprint density at radius 3 is 2.13 bits per heavy atom. The number of nitrogens with zero attached hydrogens (tertiary/aromatic N) is 1. The average Bonchev–Trinajstić information content (AvgIpc) is 2.78. The van der Waals surface area contributed by atoms with Gasteiger partial charge in [-0.25, -0.2) is 0 Å². The van der Waals surface area contributed by atoms with E-state index in [4.69, 9.17) is 15.3 Å². The number of carbonyl (C=O) groups is 2. The minimum Gasteiger partial charge on any atom is -0.379 e. The minimum atomic E-state index is -0.118. The van der Waals surface area contributed by atoms with Gasteiger partial charge in [0.15, 0.2) is 0 Å². The number of benzene rings is 2. The van der Waals surface area contributed by atoms with Crippen molar-refractivity contribution in [3.63, 3.8) is 0 Å². The van der Waals surface area contributed by atoms with Crippen molar-refractivity contribution in [2.24, 2.45) is 11.5 Å². The zero-order chi connectivity index (χ0) is 22.5. The smallest absolute Gasteiger partial charge is 0.251 e. The molecule has 31 heavy (non-hydrogen) atoms. The Balaban J connectivity index is 0.00000107. The van der Waals surface area contributed by atoms with E-state index in [0.717, 1.165) is 44.0 Å². The largest absolute Gasteiger partial charge is 0.379 e. The molecule has 1 atom stereocenters. The third-order valence-corrected chi connectivity index (χ3v) is 4.55. The van der Waals surface area contributed by atoms with Gasteiger partial charge in [-0.1, -0.05) is 24.0 Å². The van der Waals surface area contributed by atoms with Crippen LogP contribution in [0.25, 0.3) is 0 Å². The molecule has 1 saturated heterocycles. The average molecular weight is 423 g/mol. The van der Waals surface area contributed by atoms with E-state index in [9.17, 15) is 4.79 Å². The lowest BCUT2D eigenvalue weighted by Crippen LogP contribution is -2.35. The summed E-state index contributed by atoms with van der Waals surface area (Å²) in [6.07, 6.45) is 0.250. The van der Waals surface area contributed by atoms with E-state index in [0.29, 0.717) is 12.1 Å². The predicted octanol–water partition coefficient (Wildman–Crippen LogP) is 1.10. The summed E-state index contributed by atoms with van der Waals surface area (Å²) in [5.41, 5.74) is 13.6. The monoisotopic (exact) mass is 422 g/mol. The van der Waals surface area contributed by atoms with Crippen LogP contribution in [-0.4, -0.2) is 56.1 Å². The minimum absolute atomic E-state index is 0.0608. The Hall–Kier alpha value is -3.18. The van der Waals surface area contributed by atoms with Crippen molar-refractivity contribution in [2.75, 3.05) is 32.8 Å². The summed E-state index contributed by atoms with van der Waals surface area (Å²) < 4.78 is 5.39. The number of primary amides is 1. The third-order valence-electron chi connectivity index (χ3n) is 4.55. The van der Waals surface area contributed by atoms with Crippen molar-refractivity contribution in [2.45, 2.75) is 19.5 Å². The second kappa shape index (κ2) is 13.2. The summed E-state index contributed by atoms with van der Waals surface area (Å²) in [5.74, 6) is 6.21. The van der Waals surface area contributed by atoms with Gasteiger partial charge >= 0.3 is 0 Å². The van der Waals surface area contributed by atoms with E-state index >= 15 is 0 Å². The van der Waals surface area contributed by atoms with Gasteiger partial charge in [0.25, 0.3) is 5.91 Å². The van der Waals surface area contributed by atoms with Gasteiger partial charge in [0, 0.05) is 48.9 Å². The Morgan fingerprint density at radius 2 is 1.61 bits per heavy atom. The standard InChI is InChI=1S/C23H27N3O2.CH3NO/c1-18(24)16-25-23(27)22-10-8-20(9-11-22)3-2-19-4-6-21(7-5-19)17-26-12-14-28-15-13-26;2-1-3/h4-11,18H,12-17,24H2,1H3,(H,25,27);1H,(H2,2,3). The number of hydrogen-bond acceptors (Lipinski definition) is 5. The van der Waals surface area contributed by atoms with Crippen LogP contribution in [0.1, 0.15) is 34.0 Å². The van der Waals surface area contributed by atoms with E-state index in [-0.39, 0.29) is 18.4 Å². The maximum atomic E-state index is 12.0. The third kappa shape index (κ3) is 9.01. The Bertz CT molecular complexity index is 878. The molecule has 1 heterocycles. The predicted molar refractivity (Wildman–Crippen MR) is 121 cm³/mol. The molecule has 0 bridgehead atoms. The fourth-order valence-corrected chi connectivity index (χ4v) is 2.92. The zero-order valence-electron chi connectivity index (χ0n) is 17.8. The highest BCUT2D eigenvalue weighted by molar-refractivity contribution is 5.94. The van der Waals surface area contributed by atoms with Crippen molar-refractivity contribution in [1.82, 2.24) is 10.2 Å². The van der Waals surface area contributed by atoms with Crippen molar-refractivity contribution < 1.29 is 14.3 Å². The van der Waals surface area contributed by atoms with E-state index < -0.39 is 0 Å². The van der Waals surface area contributed by atoms with Crippen LogP contribution in [0.5, 0.6) is 0 Å². The number of nitrogens with one attached hydrogen (secondary N) is 1. The fraction of sp³-hybridized carbons (Fsp3) is 0.333. The second-order valence-corrected chi connectivity index (χ2v) is 7.24. The molecule has 1 aliphatic heterocycles. The summed E-state index contributed by atoms with van der Waals surface area (Å²) in [6.45, 7) is 6.87. The van der Waals surface area contributed by atoms with Crippen LogP contribution in [0.2, 0.25) is 0 Å². The normalized spacial score (nSPS) is 14.3. The van der Waals surface area contributed by atoms with Gasteiger partial charge < -0.3 is 21.5 Å². The van der Waals surface area contributed by atoms with Crippen LogP contribution in [0.4, 0.5) is 0 Å². The van der Waals surface area contributed by atoms with Gasteiger partial charge in [-0.05, 0) is 48.9 Å². The summed E-state index contributed by atoms with van der Waals surface area (Å²) in [7, 11) is 0. The van der Waals surface area contributed by atoms with Gasteiger partial charge in [-0.2, -0.15) is 0 Å². The molecule has 1 fully saturated rings. The fourth-order valence-electron chi connectivity index (χ4n) is 2.92. The molecule has 1 aliphatic rings. The Labute approximate surface area is 183 Å². The number of amides is 2. The number of rotatable bonds is 5. The van der Waals surface area contributed by atoms with Crippen molar-refractivity contribution in [3.05, 3.63) is 70.8 Å². The number of hydrogen-bond donors (Lipinski definition) is 3. The number of carbonyl (C=O) groups excluding carboxylic acids is 2. The summed E-state index contributed by atoms with van der Waals surface area (Å²) in [5, 5.41) is 2.80. The van der Waals surface area contributed by atoms with E-state index in [2.05, 4.69) is 52.1 Å². The second-order valence-electron chi connectivity index (χ2n) is 7.24. The molecule has 2 aromatic carbocycles. The molecule has 0 aliphatic carbocycles. The highest BCUT2D eigenvalue weighted by atomic mass is 16.5. The first kappa shape index (κ1) is 24.1. The van der Waals surface area contributed by atoms with Gasteiger partial charge in [-0.15, -0.1) is 0 Å². The summed E-state index contributed by atoms with van der Waals surface area (Å²) in [4.78, 5) is 23.0. The summed E-state index contributed by atoms with van der Waals surface area (Å²) >= 11 is 0. The van der Waals surface area contributed by atoms with Crippen molar-refractivity contribution in [1.29, 1.82) is 0 Å². The lowest BCUT2D eigenvalue weighted by molar-refractivity contribution is -0.106. The number of ether oxygens (including phenoxy) is 1. The quantitative estimate of drug-likeness (QED) is 0.494. The van der Waals surface area contributed by atoms with Crippen LogP contribution in [0, 0.1) is 11.8 Å². The molecular formula is C24H30N4O3. The lowest BCUT2D eigenvalue weighted by atomic mass is 10.1. The number of nitrogens with two attached hydrogens (primary N) is 2. The molecule has 2 amide bonds. The molecule has 0 spiro atoms. The van der Waals surface area contributed by atoms with Crippen LogP contribution < -0.4 is 16.8 Å². The highest BCUT2D eigenvalue weighted by Gasteiger charge is 2.10. The molecule has 0 saturated carbocycles. The molecular weight excluding hydrogens is 392 g/mol. The van der Waals surface area contributed by atoms with Crippen molar-refractivity contribution in [3.8, 4) is 11.8 Å². The zero-order valence-corrected chi connectivity index (χ0v) is 17.8. The van der Waals surface area contributed by atoms with Crippen molar-refractivity contribution >= 4 is 12.3 Å². The molecule has 0 aromatic heterocycles. The molecule has 3 rings (SSSR count). The first-order valence-electron chi connectivity index (χ1n) is 10.2. The number of morpholine rings is 1. The van der Waals surface area contributed by atoms with E-state index in [1.54, 1.807) is 12.1 Å². The maximum absolute atomic E-state index is 12.0. The van der Waals surface area contributed by atoms with Crippen LogP contribution in [-0.2, 0) is 16.1 Å². The van der Waals surface area contributed by atoms with Crippen LogP contribution in [0.3, 0.4) is 0 Å². The van der Waals surface area contributed by atoms with Crippen LogP contribution >= 0.6 is 0 Å². The van der Waals surface area contributed by atoms with E-state index in [1.807, 2.05) is 19.1 Å². The molecule has 5 N–H and O–H groups in total. The van der Waals surface area contributed by atoms with Gasteiger partial charge in [0.2, 0.25) is 6.41 Å². The highest BCUT2D eigenvalue weighted by Crippen LogP contribution is 2.09. The molecule has 7 nitrogen and oxygen atoms in total. The molecule has 0 radical (unpaired) electrons. The van der Waals surface area contributed by atoms with Crippen LogP contribution in [0.15, 0.2) is 48.5 Å². The molecule has 164 valence electrons. The Kier molecular flexibility index (Phi) is 10.3. The van der Waals surface area contributed by atoms with Gasteiger partial charge in [0.1, 0.15) is 0 Å². The lowest BCUT2D eigenvalue weighted by Gasteiger charge is -2.26. The molecule has 7 heteroatoms. The SMILES string of the molecule is CC(N)CNC(=O)c1ccc(C#Cc2ccc(CN3CCOCC3)cc2)cc1.NC=O. The van der Waals surface area contributed by atoms with Gasteiger partial charge in [-0.3, -0.25) is 14.5 Å².